The highest BCUT2D eigenvalue weighted by Crippen LogP contribution is 2.27. The van der Waals surface area contributed by atoms with E-state index in [0.717, 1.165) is 0 Å². The molecule has 0 aromatic rings. The summed E-state index contributed by atoms with van der Waals surface area (Å²) in [7, 11) is 0. The Balaban J connectivity index is 2.19. The molecule has 2 bridgehead atoms. The van der Waals surface area contributed by atoms with Crippen LogP contribution in [0.1, 0.15) is 32.1 Å². The van der Waals surface area contributed by atoms with Gasteiger partial charge in [-0.3, -0.25) is 29.0 Å². The first-order chi connectivity index (χ1) is 15.1. The highest BCUT2D eigenvalue weighted by atomic mass is 16.4. The number of aliphatic hydroxyl groups is 1. The summed E-state index contributed by atoms with van der Waals surface area (Å²) >= 11 is 0. The standard InChI is InChI=1S/C18H29N7O7/c19-18(20)21-3-1-2-9-16(31)22-7-13(27)23-11(6-14(28)29)17(32)25-10-4-8(5-12(10)26)15(30)24-9/h8-12,26H,1-7H2,(H,22,31)(H,23,27)(H,24,30)(H,25,32)(H,28,29)(H4,19,20,21)/t8-,9-,10+,11-,12+/m0/s1. The molecule has 2 fully saturated rings. The van der Waals surface area contributed by atoms with Crippen molar-refractivity contribution >= 4 is 35.6 Å². The second kappa shape index (κ2) is 11.3. The Hall–Kier alpha value is -3.42. The summed E-state index contributed by atoms with van der Waals surface area (Å²) in [6, 6.07) is -3.19. The molecule has 14 heteroatoms. The molecule has 1 aliphatic heterocycles. The average Bonchev–Trinajstić information content (AvgIpc) is 3.07. The van der Waals surface area contributed by atoms with E-state index in [9.17, 15) is 29.1 Å². The highest BCUT2D eigenvalue weighted by Gasteiger charge is 2.40. The molecule has 2 aliphatic rings. The SMILES string of the molecule is NC(N)=NCCC[C@@H]1NC(=O)[C@@H]2C[C@@H](O)[C@@H](C2)NC(=O)[C@H](CC(=O)O)NC(=O)CNC1=O. The number of nitrogens with zero attached hydrogens (tertiary/aromatic N) is 1. The number of rotatable bonds is 6. The van der Waals surface area contributed by atoms with Crippen molar-refractivity contribution in [3.63, 3.8) is 0 Å². The quantitative estimate of drug-likeness (QED) is 0.110. The van der Waals surface area contributed by atoms with Gasteiger partial charge in [-0.25, -0.2) is 0 Å². The second-order valence-electron chi connectivity index (χ2n) is 7.80. The molecule has 4 amide bonds. The minimum Gasteiger partial charge on any atom is -0.481 e. The summed E-state index contributed by atoms with van der Waals surface area (Å²) in [5, 5.41) is 29.1. The molecule has 1 saturated carbocycles. The Bertz CT molecular complexity index is 784. The third-order valence-corrected chi connectivity index (χ3v) is 5.26. The van der Waals surface area contributed by atoms with E-state index >= 15 is 0 Å². The normalized spacial score (nSPS) is 29.1. The Morgan fingerprint density at radius 2 is 1.72 bits per heavy atom. The van der Waals surface area contributed by atoms with Gasteiger partial charge in [0.25, 0.3) is 0 Å². The van der Waals surface area contributed by atoms with Crippen LogP contribution < -0.4 is 32.7 Å². The molecule has 1 aliphatic carbocycles. The number of carboxylic acids is 1. The molecule has 0 aromatic heterocycles. The van der Waals surface area contributed by atoms with Gasteiger partial charge in [0.15, 0.2) is 5.96 Å². The number of aliphatic carboxylic acids is 1. The maximum atomic E-state index is 12.7. The van der Waals surface area contributed by atoms with Gasteiger partial charge >= 0.3 is 5.97 Å². The summed E-state index contributed by atoms with van der Waals surface area (Å²) in [5.41, 5.74) is 10.5. The van der Waals surface area contributed by atoms with Gasteiger partial charge < -0.3 is 42.9 Å². The van der Waals surface area contributed by atoms with Crippen LogP contribution in [0.2, 0.25) is 0 Å². The van der Waals surface area contributed by atoms with Crippen LogP contribution >= 0.6 is 0 Å². The number of nitrogens with one attached hydrogen (secondary N) is 4. The topological polar surface area (TPSA) is 238 Å². The fraction of sp³-hybridized carbons (Fsp3) is 0.667. The predicted molar refractivity (Wildman–Crippen MR) is 110 cm³/mol. The lowest BCUT2D eigenvalue weighted by molar-refractivity contribution is -0.141. The number of carboxylic acid groups (broad SMARTS) is 1. The van der Waals surface area contributed by atoms with Gasteiger partial charge in [-0.15, -0.1) is 0 Å². The number of carbonyl (C=O) groups is 5. The van der Waals surface area contributed by atoms with Crippen molar-refractivity contribution in [1.29, 1.82) is 0 Å². The summed E-state index contributed by atoms with van der Waals surface area (Å²) in [5.74, 6) is -4.79. The van der Waals surface area contributed by atoms with Crippen LogP contribution in [0.4, 0.5) is 0 Å². The molecular weight excluding hydrogens is 426 g/mol. The van der Waals surface area contributed by atoms with Crippen molar-refractivity contribution in [3.8, 4) is 0 Å². The average molecular weight is 455 g/mol. The Morgan fingerprint density at radius 3 is 2.38 bits per heavy atom. The number of guanidine groups is 1. The van der Waals surface area contributed by atoms with Crippen LogP contribution in [0, 0.1) is 5.92 Å². The number of fused-ring (bicyclic) bond motifs is 2. The smallest absolute Gasteiger partial charge is 0.305 e. The van der Waals surface area contributed by atoms with E-state index < -0.39 is 72.7 Å². The second-order valence-corrected chi connectivity index (χ2v) is 7.80. The molecule has 2 rings (SSSR count). The molecule has 0 radical (unpaired) electrons. The van der Waals surface area contributed by atoms with Crippen LogP contribution in [-0.4, -0.2) is 83.1 Å². The van der Waals surface area contributed by atoms with Crippen molar-refractivity contribution in [1.82, 2.24) is 21.3 Å². The van der Waals surface area contributed by atoms with Crippen molar-refractivity contribution in [2.75, 3.05) is 13.1 Å². The number of hydrogen-bond acceptors (Lipinski definition) is 7. The summed E-state index contributed by atoms with van der Waals surface area (Å²) in [4.78, 5) is 64.9. The minimum absolute atomic E-state index is 0.0507. The van der Waals surface area contributed by atoms with Gasteiger partial charge in [-0.2, -0.15) is 0 Å². The molecule has 1 saturated heterocycles. The zero-order valence-corrected chi connectivity index (χ0v) is 17.4. The lowest BCUT2D eigenvalue weighted by Gasteiger charge is -2.23. The predicted octanol–water partition coefficient (Wildman–Crippen LogP) is -4.13. The van der Waals surface area contributed by atoms with Crippen molar-refractivity contribution in [2.45, 2.75) is 56.3 Å². The highest BCUT2D eigenvalue weighted by molar-refractivity contribution is 5.94. The van der Waals surface area contributed by atoms with Crippen LogP contribution in [0.3, 0.4) is 0 Å². The largest absolute Gasteiger partial charge is 0.481 e. The number of amides is 4. The van der Waals surface area contributed by atoms with E-state index in [1.165, 1.54) is 0 Å². The zero-order chi connectivity index (χ0) is 23.8. The molecule has 0 unspecified atom stereocenters. The lowest BCUT2D eigenvalue weighted by atomic mass is 10.0. The molecular formula is C18H29N7O7. The van der Waals surface area contributed by atoms with Crippen LogP contribution in [0.15, 0.2) is 4.99 Å². The monoisotopic (exact) mass is 455 g/mol. The first-order valence-corrected chi connectivity index (χ1v) is 10.2. The first-order valence-electron chi connectivity index (χ1n) is 10.2. The first kappa shape index (κ1) is 24.8. The Labute approximate surface area is 183 Å². The Morgan fingerprint density at radius 1 is 1.00 bits per heavy atom. The van der Waals surface area contributed by atoms with Crippen molar-refractivity contribution in [2.24, 2.45) is 22.4 Å². The number of carbonyl (C=O) groups excluding carboxylic acids is 4. The minimum atomic E-state index is -1.41. The number of aliphatic hydroxyl groups excluding tert-OH is 1. The third kappa shape index (κ3) is 7.37. The van der Waals surface area contributed by atoms with Gasteiger partial charge in [-0.1, -0.05) is 0 Å². The number of aliphatic imine (C=N–C) groups is 1. The van der Waals surface area contributed by atoms with Gasteiger partial charge in [0, 0.05) is 12.5 Å². The molecule has 1 heterocycles. The summed E-state index contributed by atoms with van der Waals surface area (Å²) in [6.45, 7) is -0.298. The molecule has 32 heavy (non-hydrogen) atoms. The number of hydrogen-bond donors (Lipinski definition) is 8. The van der Waals surface area contributed by atoms with E-state index in [1.807, 2.05) is 0 Å². The fourth-order valence-electron chi connectivity index (χ4n) is 3.65. The maximum Gasteiger partial charge on any atom is 0.305 e. The van der Waals surface area contributed by atoms with Gasteiger partial charge in [0.05, 0.1) is 25.1 Å². The van der Waals surface area contributed by atoms with Gasteiger partial charge in [0.2, 0.25) is 23.6 Å². The molecule has 0 spiro atoms. The van der Waals surface area contributed by atoms with E-state index in [4.69, 9.17) is 16.6 Å². The van der Waals surface area contributed by atoms with E-state index in [0.29, 0.717) is 6.42 Å². The van der Waals surface area contributed by atoms with Crippen molar-refractivity contribution in [3.05, 3.63) is 0 Å². The van der Waals surface area contributed by atoms with Crippen molar-refractivity contribution < 1.29 is 34.2 Å². The molecule has 178 valence electrons. The summed E-state index contributed by atoms with van der Waals surface area (Å²) in [6.07, 6.45) is -1.03. The lowest BCUT2D eigenvalue weighted by Crippen LogP contribution is -2.55. The molecule has 0 aromatic carbocycles. The van der Waals surface area contributed by atoms with Crippen LogP contribution in [0.25, 0.3) is 0 Å². The zero-order valence-electron chi connectivity index (χ0n) is 17.4. The van der Waals surface area contributed by atoms with E-state index in [1.54, 1.807) is 0 Å². The van der Waals surface area contributed by atoms with E-state index in [2.05, 4.69) is 26.3 Å². The number of nitrogens with two attached hydrogens (primary N) is 2. The fourth-order valence-corrected chi connectivity index (χ4v) is 3.65. The summed E-state index contributed by atoms with van der Waals surface area (Å²) < 4.78 is 0. The van der Waals surface area contributed by atoms with Gasteiger partial charge in [0.1, 0.15) is 12.1 Å². The Kier molecular flexibility index (Phi) is 8.75. The van der Waals surface area contributed by atoms with E-state index in [-0.39, 0.29) is 31.8 Å². The third-order valence-electron chi connectivity index (χ3n) is 5.26. The van der Waals surface area contributed by atoms with Gasteiger partial charge in [-0.05, 0) is 25.7 Å². The molecule has 5 atom stereocenters. The van der Waals surface area contributed by atoms with Crippen LogP contribution in [0.5, 0.6) is 0 Å². The molecule has 10 N–H and O–H groups in total. The molecule has 14 nitrogen and oxygen atoms in total. The maximum absolute atomic E-state index is 12.7. The van der Waals surface area contributed by atoms with Crippen LogP contribution in [-0.2, 0) is 24.0 Å².